The number of likely N-dealkylation sites (N-methyl/N-ethyl adjacent to an activating group) is 1. The molecule has 0 bridgehead atoms. The maximum Gasteiger partial charge on any atom is 0.236 e. The van der Waals surface area contributed by atoms with E-state index in [2.05, 4.69) is 5.32 Å². The van der Waals surface area contributed by atoms with Crippen LogP contribution in [-0.4, -0.2) is 30.9 Å². The van der Waals surface area contributed by atoms with Crippen LogP contribution in [0.25, 0.3) is 0 Å². The number of nitrogens with one attached hydrogen (secondary N) is 1. The number of carbonyl (C=O) groups is 1. The molecule has 1 saturated carbocycles. The monoisotopic (exact) mass is 320 g/mol. The van der Waals surface area contributed by atoms with Gasteiger partial charge >= 0.3 is 0 Å². The summed E-state index contributed by atoms with van der Waals surface area (Å²) in [5.41, 5.74) is 0.363. The molecule has 0 atom stereocenters. The van der Waals surface area contributed by atoms with Crippen molar-refractivity contribution in [2.45, 2.75) is 19.4 Å². The van der Waals surface area contributed by atoms with Crippen LogP contribution in [0.4, 0.5) is 4.39 Å². The average Bonchev–Trinajstić information content (AvgIpc) is 3.17. The SMILES string of the molecule is CN(Cc1c(F)cccc1Cl)C(=O)CNCC1CC1.Cl. The molecule has 112 valence electrons. The van der Waals surface area contributed by atoms with Crippen LogP contribution >= 0.6 is 24.0 Å². The number of amides is 1. The van der Waals surface area contributed by atoms with Gasteiger partial charge in [-0.1, -0.05) is 17.7 Å². The summed E-state index contributed by atoms with van der Waals surface area (Å²) in [6, 6.07) is 4.54. The predicted octanol–water partition coefficient (Wildman–Crippen LogP) is 2.86. The van der Waals surface area contributed by atoms with Crippen LogP contribution in [0, 0.1) is 11.7 Å². The topological polar surface area (TPSA) is 32.3 Å². The molecule has 2 rings (SSSR count). The maximum atomic E-state index is 13.6. The van der Waals surface area contributed by atoms with Gasteiger partial charge in [-0.3, -0.25) is 4.79 Å². The molecule has 0 heterocycles. The van der Waals surface area contributed by atoms with Crippen molar-refractivity contribution in [3.63, 3.8) is 0 Å². The van der Waals surface area contributed by atoms with Gasteiger partial charge in [-0.15, -0.1) is 12.4 Å². The van der Waals surface area contributed by atoms with Crippen molar-refractivity contribution in [2.75, 3.05) is 20.1 Å². The van der Waals surface area contributed by atoms with Gasteiger partial charge in [0.1, 0.15) is 5.82 Å². The molecule has 1 aliphatic carbocycles. The number of nitrogens with zero attached hydrogens (tertiary/aromatic N) is 1. The van der Waals surface area contributed by atoms with Gasteiger partial charge in [0.2, 0.25) is 5.91 Å². The molecule has 1 amide bonds. The standard InChI is InChI=1S/C14H18ClFN2O.ClH/c1-18(14(19)8-17-7-10-5-6-10)9-11-12(15)3-2-4-13(11)16;/h2-4,10,17H,5-9H2,1H3;1H. The second-order valence-electron chi connectivity index (χ2n) is 5.02. The van der Waals surface area contributed by atoms with Crippen LogP contribution in [0.3, 0.4) is 0 Å². The van der Waals surface area contributed by atoms with E-state index in [9.17, 15) is 9.18 Å². The molecule has 1 fully saturated rings. The molecule has 1 aliphatic rings. The predicted molar refractivity (Wildman–Crippen MR) is 80.7 cm³/mol. The van der Waals surface area contributed by atoms with Gasteiger partial charge in [-0.2, -0.15) is 0 Å². The molecule has 0 aliphatic heterocycles. The van der Waals surface area contributed by atoms with Crippen molar-refractivity contribution in [3.8, 4) is 0 Å². The van der Waals surface area contributed by atoms with Gasteiger partial charge in [-0.05, 0) is 37.4 Å². The molecular weight excluding hydrogens is 302 g/mol. The number of rotatable bonds is 6. The molecule has 1 N–H and O–H groups in total. The molecule has 0 spiro atoms. The Labute approximate surface area is 129 Å². The van der Waals surface area contributed by atoms with Gasteiger partial charge in [-0.25, -0.2) is 4.39 Å². The lowest BCUT2D eigenvalue weighted by Gasteiger charge is -2.18. The van der Waals surface area contributed by atoms with Gasteiger partial charge in [0.25, 0.3) is 0 Å². The van der Waals surface area contributed by atoms with Crippen LogP contribution in [0.1, 0.15) is 18.4 Å². The molecule has 0 saturated heterocycles. The van der Waals surface area contributed by atoms with Crippen LogP contribution in [0.2, 0.25) is 5.02 Å². The van der Waals surface area contributed by atoms with E-state index < -0.39 is 0 Å². The van der Waals surface area contributed by atoms with E-state index in [0.29, 0.717) is 17.1 Å². The van der Waals surface area contributed by atoms with Gasteiger partial charge in [0, 0.05) is 24.2 Å². The third kappa shape index (κ3) is 4.93. The summed E-state index contributed by atoms with van der Waals surface area (Å²) in [5.74, 6) is 0.303. The van der Waals surface area contributed by atoms with Crippen molar-refractivity contribution in [3.05, 3.63) is 34.6 Å². The number of hydrogen-bond acceptors (Lipinski definition) is 2. The Bertz CT molecular complexity index is 446. The lowest BCUT2D eigenvalue weighted by atomic mass is 10.2. The van der Waals surface area contributed by atoms with Crippen molar-refractivity contribution in [1.29, 1.82) is 0 Å². The van der Waals surface area contributed by atoms with Crippen LogP contribution in [0.15, 0.2) is 18.2 Å². The third-order valence-electron chi connectivity index (χ3n) is 3.29. The van der Waals surface area contributed by atoms with E-state index in [0.717, 1.165) is 12.5 Å². The van der Waals surface area contributed by atoms with Crippen LogP contribution in [0.5, 0.6) is 0 Å². The van der Waals surface area contributed by atoms with E-state index in [4.69, 9.17) is 11.6 Å². The zero-order valence-electron chi connectivity index (χ0n) is 11.4. The lowest BCUT2D eigenvalue weighted by molar-refractivity contribution is -0.129. The normalized spacial score (nSPS) is 13.8. The number of benzene rings is 1. The Hall–Kier alpha value is -0.840. The van der Waals surface area contributed by atoms with Gasteiger partial charge in [0.05, 0.1) is 6.54 Å². The largest absolute Gasteiger partial charge is 0.340 e. The molecule has 6 heteroatoms. The minimum Gasteiger partial charge on any atom is -0.340 e. The second kappa shape index (κ2) is 7.81. The Balaban J connectivity index is 0.00000200. The third-order valence-corrected chi connectivity index (χ3v) is 3.64. The number of halogens is 3. The first-order valence-corrected chi connectivity index (χ1v) is 6.83. The number of hydrogen-bond donors (Lipinski definition) is 1. The molecule has 1 aromatic carbocycles. The first kappa shape index (κ1) is 17.2. The van der Waals surface area contributed by atoms with Crippen molar-refractivity contribution >= 4 is 29.9 Å². The smallest absolute Gasteiger partial charge is 0.236 e. The molecule has 0 radical (unpaired) electrons. The van der Waals surface area contributed by atoms with E-state index in [1.54, 1.807) is 19.2 Å². The Morgan fingerprint density at radius 1 is 1.50 bits per heavy atom. The molecule has 0 unspecified atom stereocenters. The Morgan fingerprint density at radius 2 is 2.20 bits per heavy atom. The highest BCUT2D eigenvalue weighted by atomic mass is 35.5. The van der Waals surface area contributed by atoms with Crippen LogP contribution in [-0.2, 0) is 11.3 Å². The fourth-order valence-electron chi connectivity index (χ4n) is 1.85. The second-order valence-corrected chi connectivity index (χ2v) is 5.43. The van der Waals surface area contributed by atoms with E-state index in [1.807, 2.05) is 0 Å². The summed E-state index contributed by atoms with van der Waals surface area (Å²) in [4.78, 5) is 13.4. The molecule has 3 nitrogen and oxygen atoms in total. The molecule has 0 aromatic heterocycles. The van der Waals surface area contributed by atoms with E-state index in [-0.39, 0.29) is 30.7 Å². The van der Waals surface area contributed by atoms with Gasteiger partial charge in [0.15, 0.2) is 0 Å². The van der Waals surface area contributed by atoms with Crippen LogP contribution < -0.4 is 5.32 Å². The summed E-state index contributed by atoms with van der Waals surface area (Å²) in [6.07, 6.45) is 2.50. The zero-order chi connectivity index (χ0) is 13.8. The summed E-state index contributed by atoms with van der Waals surface area (Å²) < 4.78 is 13.6. The maximum absolute atomic E-state index is 13.6. The van der Waals surface area contributed by atoms with Crippen molar-refractivity contribution in [2.24, 2.45) is 5.92 Å². The summed E-state index contributed by atoms with van der Waals surface area (Å²) >= 11 is 5.94. The highest BCUT2D eigenvalue weighted by Gasteiger charge is 2.21. The fourth-order valence-corrected chi connectivity index (χ4v) is 2.07. The van der Waals surface area contributed by atoms with Crippen molar-refractivity contribution < 1.29 is 9.18 Å². The molecule has 20 heavy (non-hydrogen) atoms. The minimum absolute atomic E-state index is 0. The highest BCUT2D eigenvalue weighted by Crippen LogP contribution is 2.27. The Kier molecular flexibility index (Phi) is 6.72. The summed E-state index contributed by atoms with van der Waals surface area (Å²) in [5, 5.41) is 3.48. The highest BCUT2D eigenvalue weighted by molar-refractivity contribution is 6.31. The molecular formula is C14H19Cl2FN2O. The van der Waals surface area contributed by atoms with E-state index in [1.165, 1.54) is 23.8 Å². The van der Waals surface area contributed by atoms with E-state index >= 15 is 0 Å². The minimum atomic E-state index is -0.377. The fraction of sp³-hybridized carbons (Fsp3) is 0.500. The summed E-state index contributed by atoms with van der Waals surface area (Å²) in [7, 11) is 1.66. The average molecular weight is 321 g/mol. The quantitative estimate of drug-likeness (QED) is 0.874. The zero-order valence-corrected chi connectivity index (χ0v) is 12.9. The first-order valence-electron chi connectivity index (χ1n) is 6.45. The van der Waals surface area contributed by atoms with Gasteiger partial charge < -0.3 is 10.2 Å². The first-order chi connectivity index (χ1) is 9.08. The summed E-state index contributed by atoms with van der Waals surface area (Å²) in [6.45, 7) is 1.37. The number of carbonyl (C=O) groups excluding carboxylic acids is 1. The lowest BCUT2D eigenvalue weighted by Crippen LogP contribution is -2.36. The van der Waals surface area contributed by atoms with Crippen molar-refractivity contribution in [1.82, 2.24) is 10.2 Å². The molecule has 1 aromatic rings. The Morgan fingerprint density at radius 3 is 2.80 bits per heavy atom.